The van der Waals surface area contributed by atoms with Crippen LogP contribution in [-0.4, -0.2) is 17.5 Å². The van der Waals surface area contributed by atoms with Crippen LogP contribution < -0.4 is 0 Å². The predicted octanol–water partition coefficient (Wildman–Crippen LogP) is 2.86. The third-order valence-electron chi connectivity index (χ3n) is 1.27. The lowest BCUT2D eigenvalue weighted by Crippen LogP contribution is -2.08. The van der Waals surface area contributed by atoms with Gasteiger partial charge in [-0.25, -0.2) is 4.99 Å². The smallest absolute Gasteiger partial charge is 0.265 e. The van der Waals surface area contributed by atoms with Crippen molar-refractivity contribution in [3.05, 3.63) is 22.4 Å². The first kappa shape index (κ1) is 10.8. The van der Waals surface area contributed by atoms with Crippen molar-refractivity contribution in [2.45, 2.75) is 26.3 Å². The highest BCUT2D eigenvalue weighted by atomic mass is 32.1. The Bertz CT molecular complexity index is 367. The van der Waals surface area contributed by atoms with E-state index in [2.05, 4.69) is 16.0 Å². The Balaban J connectivity index is 2.71. The van der Waals surface area contributed by atoms with E-state index in [1.165, 1.54) is 11.3 Å². The first-order chi connectivity index (χ1) is 6.49. The van der Waals surface area contributed by atoms with Crippen LogP contribution in [-0.2, 0) is 0 Å². The van der Waals surface area contributed by atoms with Crippen LogP contribution in [0.25, 0.3) is 0 Å². The van der Waals surface area contributed by atoms with Gasteiger partial charge in [0.1, 0.15) is 0 Å². The average molecular weight is 208 g/mol. The molecule has 4 heteroatoms. The van der Waals surface area contributed by atoms with Gasteiger partial charge in [-0.2, -0.15) is 0 Å². The van der Waals surface area contributed by atoms with E-state index < -0.39 is 0 Å². The number of thiophene rings is 1. The van der Waals surface area contributed by atoms with Crippen LogP contribution in [0.3, 0.4) is 0 Å². The van der Waals surface area contributed by atoms with Crippen LogP contribution >= 0.6 is 11.3 Å². The summed E-state index contributed by atoms with van der Waals surface area (Å²) in [4.78, 5) is 19.5. The molecule has 0 atom stereocenters. The van der Waals surface area contributed by atoms with Crippen molar-refractivity contribution in [3.8, 4) is 0 Å². The topological polar surface area (TPSA) is 41.8 Å². The number of carbonyl (C=O) groups excluding carboxylic acids is 1. The molecule has 0 bridgehead atoms. The van der Waals surface area contributed by atoms with Crippen molar-refractivity contribution in [3.63, 3.8) is 0 Å². The SMILES string of the molecule is CC(C)(C)N=C=NC(=O)c1cccs1. The van der Waals surface area contributed by atoms with E-state index in [0.29, 0.717) is 4.88 Å². The highest BCUT2D eigenvalue weighted by Gasteiger charge is 2.05. The molecule has 3 nitrogen and oxygen atoms in total. The minimum atomic E-state index is -0.284. The van der Waals surface area contributed by atoms with Gasteiger partial charge in [0, 0.05) is 0 Å². The average Bonchev–Trinajstić information content (AvgIpc) is 2.53. The second kappa shape index (κ2) is 4.31. The monoisotopic (exact) mass is 208 g/mol. The van der Waals surface area contributed by atoms with Gasteiger partial charge < -0.3 is 0 Å². The lowest BCUT2D eigenvalue weighted by Gasteiger charge is -2.06. The molecule has 0 spiro atoms. The molecule has 0 saturated heterocycles. The molecule has 0 aliphatic carbocycles. The van der Waals surface area contributed by atoms with Gasteiger partial charge in [0.15, 0.2) is 0 Å². The first-order valence-corrected chi connectivity index (χ1v) is 5.12. The van der Waals surface area contributed by atoms with Gasteiger partial charge in [-0.15, -0.1) is 16.3 Å². The van der Waals surface area contributed by atoms with E-state index in [0.717, 1.165) is 0 Å². The van der Waals surface area contributed by atoms with Crippen molar-refractivity contribution in [1.82, 2.24) is 0 Å². The zero-order chi connectivity index (χ0) is 10.6. The fraction of sp³-hybridized carbons (Fsp3) is 0.400. The third kappa shape index (κ3) is 3.64. The van der Waals surface area contributed by atoms with Gasteiger partial charge in [-0.05, 0) is 32.2 Å². The maximum Gasteiger partial charge on any atom is 0.296 e. The number of carbonyl (C=O) groups is 1. The van der Waals surface area contributed by atoms with Gasteiger partial charge >= 0.3 is 0 Å². The molecule has 0 radical (unpaired) electrons. The first-order valence-electron chi connectivity index (χ1n) is 4.24. The van der Waals surface area contributed by atoms with Gasteiger partial charge in [0.25, 0.3) is 5.91 Å². The van der Waals surface area contributed by atoms with Gasteiger partial charge in [0.05, 0.1) is 16.4 Å². The number of nitrogens with zero attached hydrogens (tertiary/aromatic N) is 2. The van der Waals surface area contributed by atoms with Gasteiger partial charge in [0.2, 0.25) is 0 Å². The summed E-state index contributed by atoms with van der Waals surface area (Å²) >= 11 is 1.36. The van der Waals surface area contributed by atoms with E-state index in [-0.39, 0.29) is 11.4 Å². The Morgan fingerprint density at radius 3 is 2.71 bits per heavy atom. The summed E-state index contributed by atoms with van der Waals surface area (Å²) < 4.78 is 0. The zero-order valence-electron chi connectivity index (χ0n) is 8.44. The summed E-state index contributed by atoms with van der Waals surface area (Å²) in [6.07, 6.45) is 0. The van der Waals surface area contributed by atoms with Gasteiger partial charge in [-0.3, -0.25) is 4.79 Å². The van der Waals surface area contributed by atoms with Crippen molar-refractivity contribution in [2.24, 2.45) is 9.98 Å². The zero-order valence-corrected chi connectivity index (χ0v) is 9.26. The lowest BCUT2D eigenvalue weighted by molar-refractivity contribution is 0.101. The summed E-state index contributed by atoms with van der Waals surface area (Å²) in [6.45, 7) is 5.77. The molecule has 14 heavy (non-hydrogen) atoms. The Labute approximate surface area is 87.2 Å². The maximum atomic E-state index is 11.3. The van der Waals surface area contributed by atoms with E-state index in [1.54, 1.807) is 6.07 Å². The maximum absolute atomic E-state index is 11.3. The molecule has 0 fully saturated rings. The predicted molar refractivity (Wildman–Crippen MR) is 58.3 cm³/mol. The summed E-state index contributed by atoms with van der Waals surface area (Å²) in [7, 11) is 0. The minimum absolute atomic E-state index is 0.237. The van der Waals surface area contributed by atoms with Crippen LogP contribution in [0.1, 0.15) is 30.4 Å². The fourth-order valence-electron chi connectivity index (χ4n) is 0.676. The number of amides is 1. The summed E-state index contributed by atoms with van der Waals surface area (Å²) in [5.74, 6) is -0.284. The molecule has 0 aromatic carbocycles. The molecule has 0 aliphatic rings. The molecule has 1 amide bonds. The van der Waals surface area contributed by atoms with Gasteiger partial charge in [-0.1, -0.05) is 6.07 Å². The van der Waals surface area contributed by atoms with Crippen LogP contribution in [0.4, 0.5) is 0 Å². The van der Waals surface area contributed by atoms with E-state index >= 15 is 0 Å². The molecule has 1 rings (SSSR count). The van der Waals surface area contributed by atoms with Crippen molar-refractivity contribution in [1.29, 1.82) is 0 Å². The molecular formula is C10H12N2OS. The summed E-state index contributed by atoms with van der Waals surface area (Å²) in [5, 5.41) is 1.84. The third-order valence-corrected chi connectivity index (χ3v) is 2.13. The fourth-order valence-corrected chi connectivity index (χ4v) is 1.28. The Morgan fingerprint density at radius 1 is 1.50 bits per heavy atom. The largest absolute Gasteiger partial charge is 0.296 e. The van der Waals surface area contributed by atoms with Crippen LogP contribution in [0.15, 0.2) is 27.5 Å². The lowest BCUT2D eigenvalue weighted by atomic mass is 10.1. The minimum Gasteiger partial charge on any atom is -0.265 e. The quantitative estimate of drug-likeness (QED) is 0.654. The second-order valence-electron chi connectivity index (χ2n) is 3.78. The molecule has 74 valence electrons. The Morgan fingerprint density at radius 2 is 2.21 bits per heavy atom. The normalized spacial score (nSPS) is 10.5. The van der Waals surface area contributed by atoms with Crippen molar-refractivity contribution in [2.75, 3.05) is 0 Å². The molecular weight excluding hydrogens is 196 g/mol. The summed E-state index contributed by atoms with van der Waals surface area (Å²) in [6, 6.07) is 5.97. The van der Waals surface area contributed by atoms with Crippen LogP contribution in [0.2, 0.25) is 0 Å². The number of hydrogen-bond donors (Lipinski definition) is 0. The summed E-state index contributed by atoms with van der Waals surface area (Å²) in [5.41, 5.74) is -0.237. The molecule has 1 aromatic rings. The highest BCUT2D eigenvalue weighted by Crippen LogP contribution is 2.09. The second-order valence-corrected chi connectivity index (χ2v) is 4.72. The van der Waals surface area contributed by atoms with E-state index in [1.807, 2.05) is 32.2 Å². The van der Waals surface area contributed by atoms with E-state index in [9.17, 15) is 4.79 Å². The Hall–Kier alpha value is -1.25. The number of hydrogen-bond acceptors (Lipinski definition) is 3. The van der Waals surface area contributed by atoms with Crippen molar-refractivity contribution >= 4 is 23.3 Å². The highest BCUT2D eigenvalue weighted by molar-refractivity contribution is 7.12. The van der Waals surface area contributed by atoms with Crippen LogP contribution in [0.5, 0.6) is 0 Å². The molecule has 0 N–H and O–H groups in total. The van der Waals surface area contributed by atoms with Crippen LogP contribution in [0, 0.1) is 0 Å². The molecule has 1 aromatic heterocycles. The molecule has 0 saturated carbocycles. The van der Waals surface area contributed by atoms with Crippen molar-refractivity contribution < 1.29 is 4.79 Å². The number of aliphatic imine (C=N–C) groups is 2. The molecule has 1 heterocycles. The molecule has 0 unspecified atom stereocenters. The molecule has 0 aliphatic heterocycles. The Kier molecular flexibility index (Phi) is 3.33. The van der Waals surface area contributed by atoms with E-state index in [4.69, 9.17) is 0 Å². The number of rotatable bonds is 1. The standard InChI is InChI=1S/C10H12N2OS/c1-10(2,3)12-7-11-9(13)8-5-4-6-14-8/h4-6H,1-3H3.